The highest BCUT2D eigenvalue weighted by molar-refractivity contribution is 6.46. The maximum absolute atomic E-state index is 11.5. The van der Waals surface area contributed by atoms with Crippen molar-refractivity contribution >= 4 is 29.3 Å². The van der Waals surface area contributed by atoms with Crippen molar-refractivity contribution in [3.63, 3.8) is 0 Å². The van der Waals surface area contributed by atoms with Gasteiger partial charge in [0.1, 0.15) is 0 Å². The molecule has 1 rings (SSSR count). The Labute approximate surface area is 92.9 Å². The van der Waals surface area contributed by atoms with E-state index in [4.69, 9.17) is 11.8 Å². The van der Waals surface area contributed by atoms with E-state index in [1.807, 2.05) is 6.07 Å². The molecule has 0 aromatic heterocycles. The third-order valence-electron chi connectivity index (χ3n) is 1.91. The van der Waals surface area contributed by atoms with Gasteiger partial charge >= 0.3 is 11.8 Å². The zero-order valence-corrected chi connectivity index (χ0v) is 8.99. The van der Waals surface area contributed by atoms with Crippen LogP contribution in [0.25, 0.3) is 0 Å². The minimum absolute atomic E-state index is 0.410. The fourth-order valence-corrected chi connectivity index (χ4v) is 1.30. The molecule has 0 aliphatic rings. The van der Waals surface area contributed by atoms with Gasteiger partial charge < -0.3 is 4.90 Å². The van der Waals surface area contributed by atoms with E-state index in [1.54, 1.807) is 36.0 Å². The first-order valence-corrected chi connectivity index (χ1v) is 4.86. The largest absolute Gasteiger partial charge is 0.324 e. The van der Waals surface area contributed by atoms with Gasteiger partial charge in [-0.1, -0.05) is 18.2 Å². The zero-order chi connectivity index (χ0) is 11.3. The summed E-state index contributed by atoms with van der Waals surface area (Å²) in [6, 6.07) is 8.93. The van der Waals surface area contributed by atoms with Crippen molar-refractivity contribution in [3.8, 4) is 0 Å². The average molecular weight is 227 g/mol. The number of anilines is 1. The van der Waals surface area contributed by atoms with Gasteiger partial charge in [-0.25, -0.2) is 0 Å². The minimum atomic E-state index is -0.831. The van der Waals surface area contributed by atoms with E-state index < -0.39 is 11.8 Å². The minimum Gasteiger partial charge on any atom is -0.304 e. The van der Waals surface area contributed by atoms with Crippen molar-refractivity contribution in [2.75, 3.05) is 11.4 Å². The standard InChI is InChI=1S/C10H11ClN2O2/c1-2-13(10(15)9(14)12-11)8-6-4-3-5-7-8/h3-7H,2H2,1H3,(H,12,14). The van der Waals surface area contributed by atoms with Crippen LogP contribution in [0.5, 0.6) is 0 Å². The Morgan fingerprint density at radius 3 is 2.40 bits per heavy atom. The van der Waals surface area contributed by atoms with E-state index in [-0.39, 0.29) is 0 Å². The lowest BCUT2D eigenvalue weighted by molar-refractivity contribution is -0.136. The average Bonchev–Trinajstić information content (AvgIpc) is 2.30. The second kappa shape index (κ2) is 5.36. The number of likely N-dealkylation sites (N-methyl/N-ethyl adjacent to an activating group) is 1. The van der Waals surface area contributed by atoms with E-state index in [0.717, 1.165) is 0 Å². The molecule has 0 aliphatic carbocycles. The Kier molecular flexibility index (Phi) is 4.12. The molecule has 0 atom stereocenters. The number of hydrogen-bond acceptors (Lipinski definition) is 2. The molecule has 0 radical (unpaired) electrons. The van der Waals surface area contributed by atoms with Crippen LogP contribution in [0.15, 0.2) is 30.3 Å². The predicted molar refractivity (Wildman–Crippen MR) is 58.5 cm³/mol. The first kappa shape index (κ1) is 11.5. The molecular formula is C10H11ClN2O2. The highest BCUT2D eigenvalue weighted by Gasteiger charge is 2.20. The molecule has 0 aliphatic heterocycles. The molecular weight excluding hydrogens is 216 g/mol. The maximum Gasteiger partial charge on any atom is 0.324 e. The lowest BCUT2D eigenvalue weighted by Crippen LogP contribution is -2.40. The van der Waals surface area contributed by atoms with Crippen LogP contribution in [0.1, 0.15) is 6.92 Å². The molecule has 0 unspecified atom stereocenters. The van der Waals surface area contributed by atoms with Crippen LogP contribution in [0.3, 0.4) is 0 Å². The number of halogens is 1. The number of carbonyl (C=O) groups is 2. The van der Waals surface area contributed by atoms with Crippen LogP contribution in [0.4, 0.5) is 5.69 Å². The summed E-state index contributed by atoms with van der Waals surface area (Å²) in [5.41, 5.74) is 0.672. The molecule has 2 amide bonds. The zero-order valence-electron chi connectivity index (χ0n) is 8.24. The SMILES string of the molecule is CCN(C(=O)C(=O)NCl)c1ccccc1. The highest BCUT2D eigenvalue weighted by atomic mass is 35.5. The van der Waals surface area contributed by atoms with E-state index in [2.05, 4.69) is 0 Å². The van der Waals surface area contributed by atoms with Gasteiger partial charge in [-0.2, -0.15) is 0 Å². The summed E-state index contributed by atoms with van der Waals surface area (Å²) in [6.45, 7) is 2.19. The summed E-state index contributed by atoms with van der Waals surface area (Å²) < 4.78 is 0. The molecule has 5 heteroatoms. The monoisotopic (exact) mass is 226 g/mol. The van der Waals surface area contributed by atoms with Gasteiger partial charge in [0.2, 0.25) is 0 Å². The lowest BCUT2D eigenvalue weighted by Gasteiger charge is -2.19. The number of rotatable bonds is 2. The fourth-order valence-electron chi connectivity index (χ4n) is 1.21. The summed E-state index contributed by atoms with van der Waals surface area (Å²) in [7, 11) is 0. The van der Waals surface area contributed by atoms with Gasteiger partial charge in [0, 0.05) is 24.0 Å². The number of carbonyl (C=O) groups excluding carboxylic acids is 2. The molecule has 0 spiro atoms. The third kappa shape index (κ3) is 2.70. The van der Waals surface area contributed by atoms with Crippen molar-refractivity contribution in [2.24, 2.45) is 0 Å². The van der Waals surface area contributed by atoms with E-state index in [0.29, 0.717) is 12.2 Å². The van der Waals surface area contributed by atoms with E-state index >= 15 is 0 Å². The molecule has 0 saturated carbocycles. The molecule has 15 heavy (non-hydrogen) atoms. The number of para-hydroxylation sites is 1. The van der Waals surface area contributed by atoms with Crippen molar-refractivity contribution < 1.29 is 9.59 Å². The Hall–Kier alpha value is -1.55. The van der Waals surface area contributed by atoms with Gasteiger partial charge in [-0.05, 0) is 19.1 Å². The normalized spacial score (nSPS) is 9.47. The summed E-state index contributed by atoms with van der Waals surface area (Å²) in [4.78, 5) is 25.7. The van der Waals surface area contributed by atoms with Crippen LogP contribution in [0, 0.1) is 0 Å². The van der Waals surface area contributed by atoms with Crippen LogP contribution in [-0.2, 0) is 9.59 Å². The lowest BCUT2D eigenvalue weighted by atomic mass is 10.3. The fraction of sp³-hybridized carbons (Fsp3) is 0.200. The quantitative estimate of drug-likeness (QED) is 0.611. The van der Waals surface area contributed by atoms with Crippen LogP contribution in [-0.4, -0.2) is 18.4 Å². The molecule has 0 saturated heterocycles. The molecule has 1 aromatic rings. The van der Waals surface area contributed by atoms with Gasteiger partial charge in [0.05, 0.1) is 0 Å². The Morgan fingerprint density at radius 2 is 1.93 bits per heavy atom. The number of amides is 2. The Bertz CT molecular complexity index is 354. The third-order valence-corrected chi connectivity index (χ3v) is 2.08. The number of nitrogens with zero attached hydrogens (tertiary/aromatic N) is 1. The second-order valence-electron chi connectivity index (χ2n) is 2.81. The van der Waals surface area contributed by atoms with Crippen molar-refractivity contribution in [3.05, 3.63) is 30.3 Å². The van der Waals surface area contributed by atoms with Gasteiger partial charge in [0.25, 0.3) is 0 Å². The van der Waals surface area contributed by atoms with Crippen molar-refractivity contribution in [1.29, 1.82) is 0 Å². The predicted octanol–water partition coefficient (Wildman–Crippen LogP) is 1.31. The highest BCUT2D eigenvalue weighted by Crippen LogP contribution is 2.12. The van der Waals surface area contributed by atoms with Crippen LogP contribution < -0.4 is 9.74 Å². The molecule has 4 nitrogen and oxygen atoms in total. The first-order chi connectivity index (χ1) is 7.20. The van der Waals surface area contributed by atoms with E-state index in [9.17, 15) is 9.59 Å². The van der Waals surface area contributed by atoms with Crippen LogP contribution in [0.2, 0.25) is 0 Å². The summed E-state index contributed by atoms with van der Waals surface area (Å²) in [5, 5.41) is 0. The topological polar surface area (TPSA) is 49.4 Å². The van der Waals surface area contributed by atoms with E-state index in [1.165, 1.54) is 4.90 Å². The molecule has 0 heterocycles. The first-order valence-electron chi connectivity index (χ1n) is 4.48. The van der Waals surface area contributed by atoms with Crippen LogP contribution >= 0.6 is 11.8 Å². The summed E-state index contributed by atoms with van der Waals surface area (Å²) >= 11 is 5.09. The van der Waals surface area contributed by atoms with Gasteiger partial charge in [0.15, 0.2) is 0 Å². The smallest absolute Gasteiger partial charge is 0.304 e. The molecule has 1 N–H and O–H groups in total. The second-order valence-corrected chi connectivity index (χ2v) is 3.00. The number of hydrogen-bond donors (Lipinski definition) is 1. The molecule has 1 aromatic carbocycles. The van der Waals surface area contributed by atoms with Gasteiger partial charge in [-0.3, -0.25) is 14.4 Å². The molecule has 80 valence electrons. The Morgan fingerprint density at radius 1 is 1.33 bits per heavy atom. The molecule has 0 bridgehead atoms. The van der Waals surface area contributed by atoms with Crippen molar-refractivity contribution in [1.82, 2.24) is 4.84 Å². The Balaban J connectivity index is 2.90. The van der Waals surface area contributed by atoms with Gasteiger partial charge in [-0.15, -0.1) is 0 Å². The number of nitrogens with one attached hydrogen (secondary N) is 1. The number of benzene rings is 1. The summed E-state index contributed by atoms with van der Waals surface area (Å²) in [5.74, 6) is -1.50. The van der Waals surface area contributed by atoms with Crippen molar-refractivity contribution in [2.45, 2.75) is 6.92 Å². The summed E-state index contributed by atoms with van der Waals surface area (Å²) in [6.07, 6.45) is 0. The maximum atomic E-state index is 11.5. The molecule has 0 fully saturated rings.